The number of hydrogen-bond acceptors (Lipinski definition) is 3. The number of carbonyl (C=O) groups is 1. The van der Waals surface area contributed by atoms with Crippen LogP contribution in [0.3, 0.4) is 0 Å². The summed E-state index contributed by atoms with van der Waals surface area (Å²) in [6.45, 7) is 0.417. The third kappa shape index (κ3) is 3.72. The quantitative estimate of drug-likeness (QED) is 0.845. The van der Waals surface area contributed by atoms with E-state index in [4.69, 9.17) is 9.47 Å². The molecule has 0 aliphatic carbocycles. The Kier molecular flexibility index (Phi) is 4.62. The number of benzene rings is 2. The predicted molar refractivity (Wildman–Crippen MR) is 89.1 cm³/mol. The van der Waals surface area contributed by atoms with Gasteiger partial charge in [-0.1, -0.05) is 42.5 Å². The van der Waals surface area contributed by atoms with Crippen LogP contribution in [0.25, 0.3) is 6.08 Å². The molecule has 1 fully saturated rings. The topological polar surface area (TPSA) is 38.8 Å². The van der Waals surface area contributed by atoms with Gasteiger partial charge in [0.2, 0.25) is 0 Å². The van der Waals surface area contributed by atoms with Gasteiger partial charge in [-0.15, -0.1) is 0 Å². The molecular formula is C19H19NO3. The Morgan fingerprint density at radius 1 is 1.17 bits per heavy atom. The minimum absolute atomic E-state index is 0.0272. The molecule has 1 amide bonds. The molecule has 0 N–H and O–H groups in total. The Hall–Kier alpha value is -2.75. The zero-order valence-electron chi connectivity index (χ0n) is 13.0. The lowest BCUT2D eigenvalue weighted by Crippen LogP contribution is -2.30. The molecule has 2 aromatic carbocycles. The highest BCUT2D eigenvalue weighted by atomic mass is 16.6. The van der Waals surface area contributed by atoms with Gasteiger partial charge in [0.05, 0.1) is 13.2 Å². The van der Waals surface area contributed by atoms with Gasteiger partial charge in [-0.25, -0.2) is 4.79 Å². The van der Waals surface area contributed by atoms with Gasteiger partial charge in [-0.3, -0.25) is 4.90 Å². The normalized spacial score (nSPS) is 17.5. The van der Waals surface area contributed by atoms with Crippen molar-refractivity contribution in [3.63, 3.8) is 0 Å². The van der Waals surface area contributed by atoms with Crippen LogP contribution in [0.1, 0.15) is 11.1 Å². The molecule has 0 radical (unpaired) electrons. The van der Waals surface area contributed by atoms with Crippen molar-refractivity contribution in [1.82, 2.24) is 4.90 Å². The van der Waals surface area contributed by atoms with E-state index < -0.39 is 0 Å². The molecular weight excluding hydrogens is 290 g/mol. The van der Waals surface area contributed by atoms with Crippen molar-refractivity contribution in [2.75, 3.05) is 13.7 Å². The number of rotatable bonds is 5. The summed E-state index contributed by atoms with van der Waals surface area (Å²) in [4.78, 5) is 13.6. The first-order valence-electron chi connectivity index (χ1n) is 7.57. The molecule has 0 aromatic heterocycles. The van der Waals surface area contributed by atoms with Crippen molar-refractivity contribution in [2.24, 2.45) is 0 Å². The Morgan fingerprint density at radius 2 is 1.91 bits per heavy atom. The van der Waals surface area contributed by atoms with E-state index in [0.29, 0.717) is 6.61 Å². The number of cyclic esters (lactones) is 1. The molecule has 23 heavy (non-hydrogen) atoms. The summed E-state index contributed by atoms with van der Waals surface area (Å²) in [7, 11) is 1.64. The highest BCUT2D eigenvalue weighted by Crippen LogP contribution is 2.19. The highest BCUT2D eigenvalue weighted by molar-refractivity contribution is 5.72. The van der Waals surface area contributed by atoms with E-state index >= 15 is 0 Å². The van der Waals surface area contributed by atoms with Crippen LogP contribution in [0.5, 0.6) is 5.75 Å². The van der Waals surface area contributed by atoms with Crippen molar-refractivity contribution in [2.45, 2.75) is 12.5 Å². The standard InChI is InChI=1S/C19H19NO3/c1-22-18-9-7-15(8-10-18)11-12-20-17(14-23-19(20)21)13-16-5-3-2-4-6-16/h2-12,17H,13-14H2,1H3/b12-11-/t17-/m0/s1. The fourth-order valence-electron chi connectivity index (χ4n) is 2.58. The molecule has 1 aliphatic heterocycles. The number of hydrogen-bond donors (Lipinski definition) is 0. The number of carbonyl (C=O) groups excluding carboxylic acids is 1. The van der Waals surface area contributed by atoms with E-state index in [0.717, 1.165) is 17.7 Å². The third-order valence-electron chi connectivity index (χ3n) is 3.86. The fourth-order valence-corrected chi connectivity index (χ4v) is 2.58. The summed E-state index contributed by atoms with van der Waals surface area (Å²) >= 11 is 0. The molecule has 4 nitrogen and oxygen atoms in total. The van der Waals surface area contributed by atoms with Gasteiger partial charge < -0.3 is 9.47 Å². The third-order valence-corrected chi connectivity index (χ3v) is 3.86. The first-order chi connectivity index (χ1) is 11.3. The number of amides is 1. The Labute approximate surface area is 135 Å². The molecule has 1 heterocycles. The van der Waals surface area contributed by atoms with Crippen molar-refractivity contribution in [3.05, 3.63) is 71.9 Å². The molecule has 1 atom stereocenters. The number of nitrogens with zero attached hydrogens (tertiary/aromatic N) is 1. The Morgan fingerprint density at radius 3 is 2.61 bits per heavy atom. The minimum atomic E-state index is -0.296. The van der Waals surface area contributed by atoms with Crippen molar-refractivity contribution in [3.8, 4) is 5.75 Å². The first kappa shape index (κ1) is 15.2. The van der Waals surface area contributed by atoms with E-state index in [1.54, 1.807) is 18.2 Å². The second-order valence-electron chi connectivity index (χ2n) is 5.42. The highest BCUT2D eigenvalue weighted by Gasteiger charge is 2.31. The van der Waals surface area contributed by atoms with Crippen LogP contribution in [-0.2, 0) is 11.2 Å². The smallest absolute Gasteiger partial charge is 0.414 e. The summed E-state index contributed by atoms with van der Waals surface area (Å²) in [6.07, 6.45) is 4.18. The summed E-state index contributed by atoms with van der Waals surface area (Å²) in [6, 6.07) is 17.8. The average Bonchev–Trinajstić information content (AvgIpc) is 2.94. The van der Waals surface area contributed by atoms with E-state index in [1.807, 2.05) is 48.5 Å². The van der Waals surface area contributed by atoms with Gasteiger partial charge in [-0.2, -0.15) is 0 Å². The van der Waals surface area contributed by atoms with Crippen LogP contribution in [0.15, 0.2) is 60.8 Å². The van der Waals surface area contributed by atoms with Crippen molar-refractivity contribution >= 4 is 12.2 Å². The van der Waals surface area contributed by atoms with Crippen LogP contribution in [-0.4, -0.2) is 30.8 Å². The zero-order chi connectivity index (χ0) is 16.1. The molecule has 0 unspecified atom stereocenters. The zero-order valence-corrected chi connectivity index (χ0v) is 13.0. The van der Waals surface area contributed by atoms with E-state index in [2.05, 4.69) is 12.1 Å². The van der Waals surface area contributed by atoms with E-state index in [1.165, 1.54) is 5.56 Å². The van der Waals surface area contributed by atoms with Crippen LogP contribution in [0.4, 0.5) is 4.79 Å². The SMILES string of the molecule is COc1ccc(/C=C\N2C(=O)OC[C@@H]2Cc2ccccc2)cc1. The molecule has 118 valence electrons. The lowest BCUT2D eigenvalue weighted by Gasteiger charge is -2.17. The Bertz CT molecular complexity index is 680. The van der Waals surface area contributed by atoms with Crippen molar-refractivity contribution in [1.29, 1.82) is 0 Å². The molecule has 2 aromatic rings. The molecule has 3 rings (SSSR count). The van der Waals surface area contributed by atoms with Crippen LogP contribution < -0.4 is 4.74 Å². The lowest BCUT2D eigenvalue weighted by atomic mass is 10.1. The van der Waals surface area contributed by atoms with Crippen LogP contribution >= 0.6 is 0 Å². The van der Waals surface area contributed by atoms with Gasteiger partial charge in [0.25, 0.3) is 0 Å². The fraction of sp³-hybridized carbons (Fsp3) is 0.211. The van der Waals surface area contributed by atoms with Gasteiger partial charge in [0.1, 0.15) is 12.4 Å². The second kappa shape index (κ2) is 7.01. The maximum Gasteiger partial charge on any atom is 0.414 e. The second-order valence-corrected chi connectivity index (χ2v) is 5.42. The first-order valence-corrected chi connectivity index (χ1v) is 7.57. The summed E-state index contributed by atoms with van der Waals surface area (Å²) in [5.41, 5.74) is 2.20. The lowest BCUT2D eigenvalue weighted by molar-refractivity contribution is 0.166. The summed E-state index contributed by atoms with van der Waals surface area (Å²) in [5.74, 6) is 0.810. The molecule has 0 bridgehead atoms. The monoisotopic (exact) mass is 309 g/mol. The largest absolute Gasteiger partial charge is 0.497 e. The molecule has 0 spiro atoms. The average molecular weight is 309 g/mol. The van der Waals surface area contributed by atoms with Crippen LogP contribution in [0, 0.1) is 0 Å². The summed E-state index contributed by atoms with van der Waals surface area (Å²) in [5, 5.41) is 0. The van der Waals surface area contributed by atoms with Gasteiger partial charge in [0.15, 0.2) is 0 Å². The van der Waals surface area contributed by atoms with Gasteiger partial charge >= 0.3 is 6.09 Å². The predicted octanol–water partition coefficient (Wildman–Crippen LogP) is 3.73. The van der Waals surface area contributed by atoms with E-state index in [9.17, 15) is 4.79 Å². The number of methoxy groups -OCH3 is 1. The summed E-state index contributed by atoms with van der Waals surface area (Å²) < 4.78 is 10.3. The van der Waals surface area contributed by atoms with Crippen molar-refractivity contribution < 1.29 is 14.3 Å². The maximum atomic E-state index is 11.9. The molecule has 1 saturated heterocycles. The minimum Gasteiger partial charge on any atom is -0.497 e. The van der Waals surface area contributed by atoms with Crippen LogP contribution in [0.2, 0.25) is 0 Å². The van der Waals surface area contributed by atoms with E-state index in [-0.39, 0.29) is 12.1 Å². The molecule has 1 aliphatic rings. The number of ether oxygens (including phenoxy) is 2. The van der Waals surface area contributed by atoms with Gasteiger partial charge in [0, 0.05) is 6.20 Å². The maximum absolute atomic E-state index is 11.9. The molecule has 0 saturated carbocycles. The molecule has 4 heteroatoms. The van der Waals surface area contributed by atoms with Gasteiger partial charge in [-0.05, 0) is 35.8 Å². The Balaban J connectivity index is 1.70.